The number of anilines is 1. The van der Waals surface area contributed by atoms with Gasteiger partial charge in [-0.15, -0.1) is 0 Å². The van der Waals surface area contributed by atoms with Gasteiger partial charge in [0, 0.05) is 17.1 Å². The van der Waals surface area contributed by atoms with Gasteiger partial charge in [-0.25, -0.2) is 13.2 Å². The van der Waals surface area contributed by atoms with Crippen LogP contribution in [0.1, 0.15) is 13.3 Å². The van der Waals surface area contributed by atoms with Crippen molar-refractivity contribution < 1.29 is 17.9 Å². The predicted molar refractivity (Wildman–Crippen MR) is 77.1 cm³/mol. The first-order chi connectivity index (χ1) is 10.0. The minimum Gasteiger partial charge on any atom is -0.433 e. The maximum Gasteiger partial charge on any atom is 0.258 e. The molecule has 0 spiro atoms. The lowest BCUT2D eigenvalue weighted by Crippen LogP contribution is -2.06. The summed E-state index contributed by atoms with van der Waals surface area (Å²) in [4.78, 5) is 3.71. The Balaban J connectivity index is 2.32. The van der Waals surface area contributed by atoms with Crippen molar-refractivity contribution in [1.82, 2.24) is 4.98 Å². The van der Waals surface area contributed by atoms with Crippen molar-refractivity contribution in [3.8, 4) is 11.6 Å². The molecule has 0 aliphatic heterocycles. The summed E-state index contributed by atoms with van der Waals surface area (Å²) in [6.45, 7) is 2.36. The molecule has 112 valence electrons. The Morgan fingerprint density at radius 1 is 1.14 bits per heavy atom. The van der Waals surface area contributed by atoms with E-state index in [0.29, 0.717) is 17.1 Å². The Kier molecular flexibility index (Phi) is 5.06. The van der Waals surface area contributed by atoms with Crippen LogP contribution in [0.3, 0.4) is 0 Å². The fourth-order valence-corrected chi connectivity index (χ4v) is 1.89. The quantitative estimate of drug-likeness (QED) is 0.825. The van der Waals surface area contributed by atoms with E-state index in [9.17, 15) is 13.2 Å². The Bertz CT molecular complexity index is 652. The van der Waals surface area contributed by atoms with E-state index < -0.39 is 23.3 Å². The molecule has 3 nitrogen and oxygen atoms in total. The van der Waals surface area contributed by atoms with Gasteiger partial charge >= 0.3 is 0 Å². The van der Waals surface area contributed by atoms with Crippen LogP contribution < -0.4 is 10.1 Å². The molecule has 0 fully saturated rings. The number of rotatable bonds is 5. The van der Waals surface area contributed by atoms with Crippen LogP contribution >= 0.6 is 15.9 Å². The SMILES string of the molecule is CCCNc1nc(Oc2cc(Br)ccc2F)c(F)cc1F. The van der Waals surface area contributed by atoms with Crippen molar-refractivity contribution >= 4 is 21.7 Å². The topological polar surface area (TPSA) is 34.2 Å². The molecule has 0 saturated heterocycles. The van der Waals surface area contributed by atoms with Crippen molar-refractivity contribution in [3.05, 3.63) is 46.2 Å². The average Bonchev–Trinajstić information content (AvgIpc) is 2.44. The Morgan fingerprint density at radius 3 is 2.62 bits per heavy atom. The van der Waals surface area contributed by atoms with Crippen LogP contribution in [0, 0.1) is 17.5 Å². The maximum absolute atomic E-state index is 13.7. The highest BCUT2D eigenvalue weighted by Crippen LogP contribution is 2.29. The number of benzene rings is 1. The third-order valence-corrected chi connectivity index (χ3v) is 3.03. The molecule has 21 heavy (non-hydrogen) atoms. The van der Waals surface area contributed by atoms with Crippen LogP contribution in [-0.2, 0) is 0 Å². The fraction of sp³-hybridized carbons (Fsp3) is 0.214. The lowest BCUT2D eigenvalue weighted by atomic mass is 10.3. The Hall–Kier alpha value is -1.76. The number of halogens is 4. The molecule has 2 aromatic rings. The molecule has 0 radical (unpaired) electrons. The van der Waals surface area contributed by atoms with Crippen LogP contribution in [0.5, 0.6) is 11.6 Å². The van der Waals surface area contributed by atoms with Crippen molar-refractivity contribution in [2.45, 2.75) is 13.3 Å². The summed E-state index contributed by atoms with van der Waals surface area (Å²) >= 11 is 3.16. The molecule has 0 atom stereocenters. The summed E-state index contributed by atoms with van der Waals surface area (Å²) in [5.41, 5.74) is 0. The highest BCUT2D eigenvalue weighted by molar-refractivity contribution is 9.10. The second kappa shape index (κ2) is 6.80. The van der Waals surface area contributed by atoms with Gasteiger partial charge in [0.05, 0.1) is 0 Å². The third kappa shape index (κ3) is 3.87. The van der Waals surface area contributed by atoms with E-state index in [-0.39, 0.29) is 11.6 Å². The largest absolute Gasteiger partial charge is 0.433 e. The number of aromatic nitrogens is 1. The first-order valence-corrected chi connectivity index (χ1v) is 7.03. The molecular formula is C14H12BrF3N2O. The van der Waals surface area contributed by atoms with E-state index in [0.717, 1.165) is 12.5 Å². The van der Waals surface area contributed by atoms with Gasteiger partial charge in [-0.2, -0.15) is 4.98 Å². The highest BCUT2D eigenvalue weighted by atomic mass is 79.9. The summed E-state index contributed by atoms with van der Waals surface area (Å²) in [7, 11) is 0. The highest BCUT2D eigenvalue weighted by Gasteiger charge is 2.15. The molecule has 7 heteroatoms. The van der Waals surface area contributed by atoms with Gasteiger partial charge in [0.2, 0.25) is 0 Å². The lowest BCUT2D eigenvalue weighted by Gasteiger charge is -2.10. The molecule has 0 aliphatic carbocycles. The Morgan fingerprint density at radius 2 is 1.90 bits per heavy atom. The first-order valence-electron chi connectivity index (χ1n) is 6.24. The summed E-state index contributed by atoms with van der Waals surface area (Å²) in [6.07, 6.45) is 0.745. The minimum atomic E-state index is -1.01. The number of hydrogen-bond acceptors (Lipinski definition) is 3. The Labute approximate surface area is 128 Å². The summed E-state index contributed by atoms with van der Waals surface area (Å²) in [5.74, 6) is -3.34. The zero-order valence-electron chi connectivity index (χ0n) is 11.1. The van der Waals surface area contributed by atoms with Crippen molar-refractivity contribution in [1.29, 1.82) is 0 Å². The van der Waals surface area contributed by atoms with Gasteiger partial charge in [-0.05, 0) is 24.6 Å². The summed E-state index contributed by atoms with van der Waals surface area (Å²) in [6, 6.07) is 4.62. The lowest BCUT2D eigenvalue weighted by molar-refractivity contribution is 0.395. The molecule has 0 aliphatic rings. The fourth-order valence-electron chi connectivity index (χ4n) is 1.55. The van der Waals surface area contributed by atoms with Crippen LogP contribution in [-0.4, -0.2) is 11.5 Å². The number of nitrogens with one attached hydrogen (secondary N) is 1. The van der Waals surface area contributed by atoms with Gasteiger partial charge in [-0.1, -0.05) is 22.9 Å². The van der Waals surface area contributed by atoms with E-state index in [1.54, 1.807) is 0 Å². The summed E-state index contributed by atoms with van der Waals surface area (Å²) in [5, 5.41) is 2.71. The van der Waals surface area contributed by atoms with Crippen molar-refractivity contribution in [3.63, 3.8) is 0 Å². The smallest absolute Gasteiger partial charge is 0.258 e. The van der Waals surface area contributed by atoms with Crippen LogP contribution in [0.4, 0.5) is 19.0 Å². The van der Waals surface area contributed by atoms with Crippen molar-refractivity contribution in [2.75, 3.05) is 11.9 Å². The van der Waals surface area contributed by atoms with Gasteiger partial charge in [0.15, 0.2) is 29.0 Å². The minimum absolute atomic E-state index is 0.136. The monoisotopic (exact) mass is 360 g/mol. The van der Waals surface area contributed by atoms with Gasteiger partial charge in [0.25, 0.3) is 5.88 Å². The molecule has 1 N–H and O–H groups in total. The van der Waals surface area contributed by atoms with E-state index in [1.807, 2.05) is 6.92 Å². The molecule has 2 rings (SSSR count). The molecule has 1 aromatic heterocycles. The van der Waals surface area contributed by atoms with Crippen LogP contribution in [0.15, 0.2) is 28.7 Å². The van der Waals surface area contributed by atoms with Crippen LogP contribution in [0.25, 0.3) is 0 Å². The van der Waals surface area contributed by atoms with E-state index in [2.05, 4.69) is 26.2 Å². The number of nitrogens with zero attached hydrogens (tertiary/aromatic N) is 1. The number of hydrogen-bond donors (Lipinski definition) is 1. The maximum atomic E-state index is 13.7. The number of ether oxygens (including phenoxy) is 1. The van der Waals surface area contributed by atoms with Gasteiger partial charge < -0.3 is 10.1 Å². The molecule has 0 saturated carbocycles. The average molecular weight is 361 g/mol. The van der Waals surface area contributed by atoms with E-state index >= 15 is 0 Å². The van der Waals surface area contributed by atoms with Gasteiger partial charge in [-0.3, -0.25) is 0 Å². The predicted octanol–water partition coefficient (Wildman–Crippen LogP) is 4.88. The first kappa shape index (κ1) is 15.6. The standard InChI is InChI=1S/C14H12BrF3N2O/c1-2-5-19-13-10(17)7-11(18)14(20-13)21-12-6-8(15)3-4-9(12)16/h3-4,6-7H,2,5H2,1H3,(H,19,20). The van der Waals surface area contributed by atoms with E-state index in [1.165, 1.54) is 12.1 Å². The molecular weight excluding hydrogens is 349 g/mol. The zero-order chi connectivity index (χ0) is 15.4. The summed E-state index contributed by atoms with van der Waals surface area (Å²) < 4.78 is 46.5. The normalized spacial score (nSPS) is 10.5. The van der Waals surface area contributed by atoms with Crippen molar-refractivity contribution in [2.24, 2.45) is 0 Å². The second-order valence-electron chi connectivity index (χ2n) is 4.21. The second-order valence-corrected chi connectivity index (χ2v) is 5.13. The molecule has 1 heterocycles. The molecule has 0 unspecified atom stereocenters. The van der Waals surface area contributed by atoms with Crippen LogP contribution in [0.2, 0.25) is 0 Å². The van der Waals surface area contributed by atoms with Gasteiger partial charge in [0.1, 0.15) is 0 Å². The molecule has 1 aromatic carbocycles. The molecule has 0 amide bonds. The zero-order valence-corrected chi connectivity index (χ0v) is 12.7. The third-order valence-electron chi connectivity index (χ3n) is 2.54. The van der Waals surface area contributed by atoms with E-state index in [4.69, 9.17) is 4.74 Å². The molecule has 0 bridgehead atoms. The number of pyridine rings is 1.